The highest BCUT2D eigenvalue weighted by Gasteiger charge is 2.22. The molecule has 1 heterocycles. The van der Waals surface area contributed by atoms with Crippen molar-refractivity contribution in [3.63, 3.8) is 0 Å². The second kappa shape index (κ2) is 10.3. The van der Waals surface area contributed by atoms with Gasteiger partial charge in [0.15, 0.2) is 17.4 Å². The minimum absolute atomic E-state index is 0. The summed E-state index contributed by atoms with van der Waals surface area (Å²) >= 11 is 3.00. The van der Waals surface area contributed by atoms with E-state index >= 15 is 0 Å². The lowest BCUT2D eigenvalue weighted by Gasteiger charge is -2.36. The minimum Gasteiger partial charge on any atom is -0.485 e. The molecule has 1 atom stereocenters. The van der Waals surface area contributed by atoms with E-state index in [-0.39, 0.29) is 29.3 Å². The third-order valence-corrected chi connectivity index (χ3v) is 4.88. The predicted octanol–water partition coefficient (Wildman–Crippen LogP) is 3.85. The van der Waals surface area contributed by atoms with Crippen LogP contribution in [-0.4, -0.2) is 55.4 Å². The quantitative estimate of drug-likeness (QED) is 0.680. The van der Waals surface area contributed by atoms with Crippen LogP contribution in [0.2, 0.25) is 0 Å². The van der Waals surface area contributed by atoms with Gasteiger partial charge in [0.25, 0.3) is 0 Å². The number of β-amino-alcohol motifs (C(OH)–C–C–N with tert-alkyl or cyclic N) is 1. The Hall–Kier alpha value is -1.48. The van der Waals surface area contributed by atoms with Crippen molar-refractivity contribution in [2.24, 2.45) is 0 Å². The van der Waals surface area contributed by atoms with Gasteiger partial charge in [0.1, 0.15) is 18.5 Å². The van der Waals surface area contributed by atoms with Crippen molar-refractivity contribution in [3.05, 3.63) is 58.3 Å². The number of para-hydroxylation sites is 1. The fraction of sp³-hybridized carbons (Fsp3) is 0.368. The van der Waals surface area contributed by atoms with Crippen LogP contribution in [0, 0.1) is 17.5 Å². The summed E-state index contributed by atoms with van der Waals surface area (Å²) in [4.78, 5) is 3.97. The zero-order chi connectivity index (χ0) is 19.4. The standard InChI is InChI=1S/C19H20BrF3N2O2.ClH/c20-13-9-16(22)19(17(23)10-13)27-12-14(26)11-24-5-7-25(8-6-24)18-4-2-1-3-15(18)21;/h1-4,9-10,14,26H,5-8,11-12H2;1H. The highest BCUT2D eigenvalue weighted by molar-refractivity contribution is 9.10. The first-order chi connectivity index (χ1) is 12.9. The van der Waals surface area contributed by atoms with E-state index < -0.39 is 23.5 Å². The van der Waals surface area contributed by atoms with Crippen LogP contribution in [0.15, 0.2) is 40.9 Å². The molecule has 0 saturated carbocycles. The number of aliphatic hydroxyl groups excluding tert-OH is 1. The molecule has 2 aromatic rings. The van der Waals surface area contributed by atoms with E-state index in [9.17, 15) is 18.3 Å². The summed E-state index contributed by atoms with van der Waals surface area (Å²) in [5, 5.41) is 10.1. The molecule has 1 unspecified atom stereocenters. The minimum atomic E-state index is -0.896. The van der Waals surface area contributed by atoms with Crippen LogP contribution in [0.25, 0.3) is 0 Å². The molecule has 0 amide bonds. The van der Waals surface area contributed by atoms with Gasteiger partial charge in [-0.05, 0) is 24.3 Å². The second-order valence-corrected chi connectivity index (χ2v) is 7.32. The number of halogens is 5. The molecule has 1 aliphatic heterocycles. The van der Waals surface area contributed by atoms with Crippen molar-refractivity contribution in [2.45, 2.75) is 6.10 Å². The third kappa shape index (κ3) is 5.76. The number of hydrogen-bond acceptors (Lipinski definition) is 4. The van der Waals surface area contributed by atoms with Gasteiger partial charge in [-0.3, -0.25) is 4.90 Å². The van der Waals surface area contributed by atoms with Crippen LogP contribution in [0.5, 0.6) is 5.75 Å². The lowest BCUT2D eigenvalue weighted by molar-refractivity contribution is 0.0634. The van der Waals surface area contributed by atoms with E-state index in [0.717, 1.165) is 12.1 Å². The van der Waals surface area contributed by atoms with Gasteiger partial charge in [-0.15, -0.1) is 12.4 Å². The van der Waals surface area contributed by atoms with Gasteiger partial charge < -0.3 is 14.7 Å². The largest absolute Gasteiger partial charge is 0.485 e. The molecule has 3 rings (SSSR count). The van der Waals surface area contributed by atoms with Crippen molar-refractivity contribution in [3.8, 4) is 5.75 Å². The first-order valence-electron chi connectivity index (χ1n) is 8.61. The average Bonchev–Trinajstić information content (AvgIpc) is 2.62. The zero-order valence-corrected chi connectivity index (χ0v) is 17.4. The molecular formula is C19H21BrClF3N2O2. The highest BCUT2D eigenvalue weighted by Crippen LogP contribution is 2.26. The maximum atomic E-state index is 13.9. The first kappa shape index (κ1) is 22.8. The Morgan fingerprint density at radius 2 is 1.61 bits per heavy atom. The summed E-state index contributed by atoms with van der Waals surface area (Å²) in [5.74, 6) is -2.40. The molecule has 4 nitrogen and oxygen atoms in total. The molecule has 0 spiro atoms. The third-order valence-electron chi connectivity index (χ3n) is 4.42. The summed E-state index contributed by atoms with van der Waals surface area (Å²) in [6, 6.07) is 8.84. The predicted molar refractivity (Wildman–Crippen MR) is 108 cm³/mol. The van der Waals surface area contributed by atoms with Gasteiger partial charge >= 0.3 is 0 Å². The fourth-order valence-corrected chi connectivity index (χ4v) is 3.48. The first-order valence-corrected chi connectivity index (χ1v) is 9.40. The van der Waals surface area contributed by atoms with Gasteiger partial charge in [0.05, 0.1) is 5.69 Å². The van der Waals surface area contributed by atoms with E-state index in [1.165, 1.54) is 6.07 Å². The van der Waals surface area contributed by atoms with Gasteiger partial charge in [-0.2, -0.15) is 0 Å². The van der Waals surface area contributed by atoms with Crippen molar-refractivity contribution in [1.29, 1.82) is 0 Å². The number of piperazine rings is 1. The van der Waals surface area contributed by atoms with Crippen LogP contribution in [0.3, 0.4) is 0 Å². The molecule has 0 aromatic heterocycles. The van der Waals surface area contributed by atoms with Crippen LogP contribution >= 0.6 is 28.3 Å². The van der Waals surface area contributed by atoms with Crippen LogP contribution < -0.4 is 9.64 Å². The molecule has 1 N–H and O–H groups in total. The lowest BCUT2D eigenvalue weighted by atomic mass is 10.2. The van der Waals surface area contributed by atoms with Gasteiger partial charge in [-0.25, -0.2) is 13.2 Å². The Balaban J connectivity index is 0.00000280. The number of anilines is 1. The van der Waals surface area contributed by atoms with Crippen molar-refractivity contribution in [2.75, 3.05) is 44.2 Å². The molecule has 154 valence electrons. The average molecular weight is 482 g/mol. The Labute approximate surface area is 176 Å². The molecule has 9 heteroatoms. The molecular weight excluding hydrogens is 461 g/mol. The van der Waals surface area contributed by atoms with Crippen molar-refractivity contribution < 1.29 is 23.0 Å². The molecule has 0 bridgehead atoms. The molecule has 28 heavy (non-hydrogen) atoms. The van der Waals surface area contributed by atoms with Gasteiger partial charge in [0.2, 0.25) is 0 Å². The summed E-state index contributed by atoms with van der Waals surface area (Å²) in [7, 11) is 0. The molecule has 0 radical (unpaired) electrons. The Kier molecular flexibility index (Phi) is 8.42. The number of rotatable bonds is 6. The molecule has 1 aliphatic rings. The van der Waals surface area contributed by atoms with E-state index in [0.29, 0.717) is 38.4 Å². The maximum absolute atomic E-state index is 13.9. The molecule has 2 aromatic carbocycles. The van der Waals surface area contributed by atoms with Crippen molar-refractivity contribution >= 4 is 34.0 Å². The van der Waals surface area contributed by atoms with Gasteiger partial charge in [-0.1, -0.05) is 28.1 Å². The molecule has 1 fully saturated rings. The smallest absolute Gasteiger partial charge is 0.190 e. The summed E-state index contributed by atoms with van der Waals surface area (Å²) in [5.41, 5.74) is 0.572. The fourth-order valence-electron chi connectivity index (χ4n) is 3.08. The normalized spacial score (nSPS) is 15.8. The van der Waals surface area contributed by atoms with Crippen LogP contribution in [-0.2, 0) is 0 Å². The number of hydrogen-bond donors (Lipinski definition) is 1. The monoisotopic (exact) mass is 480 g/mol. The van der Waals surface area contributed by atoms with Gasteiger partial charge in [0, 0.05) is 37.2 Å². The second-order valence-electron chi connectivity index (χ2n) is 6.40. The van der Waals surface area contributed by atoms with E-state index in [1.54, 1.807) is 18.2 Å². The summed E-state index contributed by atoms with van der Waals surface area (Å²) in [6.45, 7) is 2.64. The van der Waals surface area contributed by atoms with Crippen LogP contribution in [0.1, 0.15) is 0 Å². The number of aliphatic hydroxyl groups is 1. The summed E-state index contributed by atoms with van der Waals surface area (Å²) < 4.78 is 46.7. The number of ether oxygens (including phenoxy) is 1. The topological polar surface area (TPSA) is 35.9 Å². The zero-order valence-electron chi connectivity index (χ0n) is 15.0. The van der Waals surface area contributed by atoms with E-state index in [1.807, 2.05) is 9.80 Å². The van der Waals surface area contributed by atoms with E-state index in [2.05, 4.69) is 15.9 Å². The Morgan fingerprint density at radius 3 is 2.21 bits per heavy atom. The van der Waals surface area contributed by atoms with Crippen molar-refractivity contribution in [1.82, 2.24) is 4.90 Å². The Bertz CT molecular complexity index is 769. The summed E-state index contributed by atoms with van der Waals surface area (Å²) in [6.07, 6.45) is -0.896. The van der Waals surface area contributed by atoms with Crippen LogP contribution in [0.4, 0.5) is 18.9 Å². The lowest BCUT2D eigenvalue weighted by Crippen LogP contribution is -2.49. The SMILES string of the molecule is Cl.OC(COc1c(F)cc(Br)cc1F)CN1CCN(c2ccccc2F)CC1. The molecule has 1 saturated heterocycles. The maximum Gasteiger partial charge on any atom is 0.190 e. The highest BCUT2D eigenvalue weighted by atomic mass is 79.9. The molecule has 0 aliphatic carbocycles. The number of nitrogens with zero attached hydrogens (tertiary/aromatic N) is 2. The Morgan fingerprint density at radius 1 is 1.00 bits per heavy atom. The number of benzene rings is 2. The van der Waals surface area contributed by atoms with E-state index in [4.69, 9.17) is 4.74 Å².